The maximum Gasteiger partial charge on any atom is 0.237 e. The van der Waals surface area contributed by atoms with Crippen molar-refractivity contribution in [1.29, 1.82) is 0 Å². The largest absolute Gasteiger partial charge is 0.472 e. The maximum absolute atomic E-state index is 6.02. The summed E-state index contributed by atoms with van der Waals surface area (Å²) in [6, 6.07) is 10.4. The summed E-state index contributed by atoms with van der Waals surface area (Å²) in [5.74, 6) is 0.364. The molecule has 1 saturated heterocycles. The highest BCUT2D eigenvalue weighted by Gasteiger charge is 2.25. The number of ether oxygens (including phenoxy) is 1. The van der Waals surface area contributed by atoms with Gasteiger partial charge in [-0.25, -0.2) is 4.98 Å². The van der Waals surface area contributed by atoms with Gasteiger partial charge in [-0.1, -0.05) is 41.9 Å². The Kier molecular flexibility index (Phi) is 4.58. The molecule has 0 amide bonds. The van der Waals surface area contributed by atoms with Gasteiger partial charge in [0.05, 0.1) is 6.20 Å². The van der Waals surface area contributed by atoms with Crippen molar-refractivity contribution in [2.75, 3.05) is 13.1 Å². The van der Waals surface area contributed by atoms with Crippen LogP contribution in [0.1, 0.15) is 12.0 Å². The van der Waals surface area contributed by atoms with E-state index in [1.165, 1.54) is 11.8 Å². The van der Waals surface area contributed by atoms with E-state index in [9.17, 15) is 0 Å². The molecule has 0 aliphatic carbocycles. The normalized spacial score (nSPS) is 18.9. The van der Waals surface area contributed by atoms with Crippen LogP contribution in [-0.4, -0.2) is 34.1 Å². The molecule has 110 valence electrons. The van der Waals surface area contributed by atoms with Crippen LogP contribution in [0.15, 0.2) is 36.5 Å². The topological polar surface area (TPSA) is 38.2 Å². The average molecular weight is 324 g/mol. The number of halogens is 2. The Morgan fingerprint density at radius 1 is 1.24 bits per heavy atom. The van der Waals surface area contributed by atoms with Crippen LogP contribution in [0.2, 0.25) is 10.3 Å². The highest BCUT2D eigenvalue weighted by atomic mass is 35.5. The molecule has 3 rings (SSSR count). The average Bonchev–Trinajstić information content (AvgIpc) is 2.91. The molecule has 1 aromatic carbocycles. The van der Waals surface area contributed by atoms with Gasteiger partial charge in [0.1, 0.15) is 11.1 Å². The van der Waals surface area contributed by atoms with Crippen molar-refractivity contribution < 1.29 is 4.74 Å². The lowest BCUT2D eigenvalue weighted by Gasteiger charge is -2.17. The summed E-state index contributed by atoms with van der Waals surface area (Å²) in [4.78, 5) is 10.2. The third-order valence-corrected chi connectivity index (χ3v) is 3.88. The fourth-order valence-electron chi connectivity index (χ4n) is 2.45. The van der Waals surface area contributed by atoms with Crippen molar-refractivity contribution in [3.8, 4) is 5.88 Å². The number of hydrogen-bond donors (Lipinski definition) is 0. The van der Waals surface area contributed by atoms with Crippen molar-refractivity contribution in [1.82, 2.24) is 14.9 Å². The zero-order chi connectivity index (χ0) is 14.7. The predicted molar refractivity (Wildman–Crippen MR) is 82.8 cm³/mol. The third kappa shape index (κ3) is 3.84. The van der Waals surface area contributed by atoms with Gasteiger partial charge in [0.15, 0.2) is 0 Å². The van der Waals surface area contributed by atoms with Crippen LogP contribution < -0.4 is 4.74 Å². The van der Waals surface area contributed by atoms with Gasteiger partial charge in [-0.05, 0) is 23.6 Å². The minimum atomic E-state index is 0.0807. The molecule has 0 N–H and O–H groups in total. The summed E-state index contributed by atoms with van der Waals surface area (Å²) < 4.78 is 5.85. The number of nitrogens with zero attached hydrogens (tertiary/aromatic N) is 3. The predicted octanol–water partition coefficient (Wildman–Crippen LogP) is 3.44. The van der Waals surface area contributed by atoms with Gasteiger partial charge >= 0.3 is 0 Å². The molecular formula is C15H15Cl2N3O. The summed E-state index contributed by atoms with van der Waals surface area (Å²) in [7, 11) is 0. The van der Waals surface area contributed by atoms with Crippen molar-refractivity contribution in [3.05, 3.63) is 52.4 Å². The first-order valence-electron chi connectivity index (χ1n) is 6.81. The highest BCUT2D eigenvalue weighted by molar-refractivity contribution is 6.32. The van der Waals surface area contributed by atoms with Crippen molar-refractivity contribution >= 4 is 23.2 Å². The molecule has 0 radical (unpaired) electrons. The zero-order valence-electron chi connectivity index (χ0n) is 11.4. The summed E-state index contributed by atoms with van der Waals surface area (Å²) in [5.41, 5.74) is 1.31. The van der Waals surface area contributed by atoms with Gasteiger partial charge in [-0.3, -0.25) is 4.90 Å². The van der Waals surface area contributed by atoms with Gasteiger partial charge in [0, 0.05) is 19.6 Å². The standard InChI is InChI=1S/C15H15Cl2N3O/c16-13-8-18-15(17)19-14(13)21-12-6-7-20(10-12)9-11-4-2-1-3-5-11/h1-5,8,12H,6-7,9-10H2. The monoisotopic (exact) mass is 323 g/mol. The molecule has 2 heterocycles. The Hall–Kier alpha value is -1.36. The Morgan fingerprint density at radius 3 is 2.86 bits per heavy atom. The second-order valence-electron chi connectivity index (χ2n) is 5.04. The van der Waals surface area contributed by atoms with Crippen LogP contribution in [0.3, 0.4) is 0 Å². The van der Waals surface area contributed by atoms with Crippen molar-refractivity contribution in [3.63, 3.8) is 0 Å². The van der Waals surface area contributed by atoms with Gasteiger partial charge in [0.2, 0.25) is 11.2 Å². The summed E-state index contributed by atoms with van der Waals surface area (Å²) in [6.45, 7) is 2.78. The SMILES string of the molecule is Clc1ncc(Cl)c(OC2CCN(Cc3ccccc3)C2)n1. The van der Waals surface area contributed by atoms with Gasteiger partial charge in [0.25, 0.3) is 0 Å². The van der Waals surface area contributed by atoms with Crippen LogP contribution in [0.4, 0.5) is 0 Å². The Bertz CT molecular complexity index is 609. The second-order valence-corrected chi connectivity index (χ2v) is 5.79. The molecule has 2 aromatic rings. The van der Waals surface area contributed by atoms with E-state index in [1.54, 1.807) is 0 Å². The molecule has 1 unspecified atom stereocenters. The summed E-state index contributed by atoms with van der Waals surface area (Å²) in [5, 5.41) is 0.537. The Balaban J connectivity index is 1.58. The van der Waals surface area contributed by atoms with Crippen LogP contribution in [0.25, 0.3) is 0 Å². The molecule has 0 saturated carbocycles. The molecule has 1 aliphatic rings. The highest BCUT2D eigenvalue weighted by Crippen LogP contribution is 2.25. The molecular weight excluding hydrogens is 309 g/mol. The van der Waals surface area contributed by atoms with Crippen LogP contribution in [0, 0.1) is 0 Å². The molecule has 21 heavy (non-hydrogen) atoms. The quantitative estimate of drug-likeness (QED) is 0.808. The fraction of sp³-hybridized carbons (Fsp3) is 0.333. The van der Waals surface area contributed by atoms with Crippen LogP contribution >= 0.6 is 23.2 Å². The van der Waals surface area contributed by atoms with Gasteiger partial charge < -0.3 is 4.74 Å². The van der Waals surface area contributed by atoms with E-state index in [0.717, 1.165) is 26.1 Å². The van der Waals surface area contributed by atoms with E-state index in [2.05, 4.69) is 39.1 Å². The van der Waals surface area contributed by atoms with Crippen LogP contribution in [0.5, 0.6) is 5.88 Å². The zero-order valence-corrected chi connectivity index (χ0v) is 12.9. The number of likely N-dealkylation sites (tertiary alicyclic amines) is 1. The maximum atomic E-state index is 6.02. The number of hydrogen-bond acceptors (Lipinski definition) is 4. The smallest absolute Gasteiger partial charge is 0.237 e. The molecule has 0 spiro atoms. The lowest BCUT2D eigenvalue weighted by atomic mass is 10.2. The number of rotatable bonds is 4. The van der Waals surface area contributed by atoms with Crippen molar-refractivity contribution in [2.45, 2.75) is 19.1 Å². The Labute approximate surface area is 133 Å². The first-order valence-corrected chi connectivity index (χ1v) is 7.57. The number of benzene rings is 1. The second kappa shape index (κ2) is 6.60. The van der Waals surface area contributed by atoms with E-state index in [4.69, 9.17) is 27.9 Å². The molecule has 4 nitrogen and oxygen atoms in total. The summed E-state index contributed by atoms with van der Waals surface area (Å²) in [6.07, 6.45) is 2.49. The molecule has 6 heteroatoms. The first kappa shape index (κ1) is 14.6. The summed E-state index contributed by atoms with van der Waals surface area (Å²) >= 11 is 11.8. The minimum Gasteiger partial charge on any atom is -0.472 e. The fourth-order valence-corrected chi connectivity index (χ4v) is 2.71. The third-order valence-electron chi connectivity index (χ3n) is 3.44. The van der Waals surface area contributed by atoms with E-state index < -0.39 is 0 Å². The lowest BCUT2D eigenvalue weighted by Crippen LogP contribution is -2.24. The molecule has 1 aliphatic heterocycles. The van der Waals surface area contributed by atoms with E-state index in [-0.39, 0.29) is 11.4 Å². The minimum absolute atomic E-state index is 0.0807. The van der Waals surface area contributed by atoms with Gasteiger partial charge in [-0.2, -0.15) is 4.98 Å². The van der Waals surface area contributed by atoms with E-state index in [0.29, 0.717) is 10.9 Å². The Morgan fingerprint density at radius 2 is 2.05 bits per heavy atom. The molecule has 1 aromatic heterocycles. The van der Waals surface area contributed by atoms with Crippen molar-refractivity contribution in [2.24, 2.45) is 0 Å². The molecule has 1 fully saturated rings. The molecule has 0 bridgehead atoms. The first-order chi connectivity index (χ1) is 10.2. The molecule has 1 atom stereocenters. The van der Waals surface area contributed by atoms with E-state index in [1.807, 2.05) is 6.07 Å². The lowest BCUT2D eigenvalue weighted by molar-refractivity contribution is 0.191. The number of aromatic nitrogens is 2. The van der Waals surface area contributed by atoms with Crippen LogP contribution in [-0.2, 0) is 6.54 Å². The van der Waals surface area contributed by atoms with E-state index >= 15 is 0 Å². The van der Waals surface area contributed by atoms with Gasteiger partial charge in [-0.15, -0.1) is 0 Å².